The van der Waals surface area contributed by atoms with E-state index in [1.165, 1.54) is 0 Å². The molecule has 1 unspecified atom stereocenters. The van der Waals surface area contributed by atoms with Gasteiger partial charge in [0.2, 0.25) is 0 Å². The summed E-state index contributed by atoms with van der Waals surface area (Å²) >= 11 is 0. The van der Waals surface area contributed by atoms with Gasteiger partial charge in [0.25, 0.3) is 11.8 Å². The third kappa shape index (κ3) is 3.60. The second-order valence-corrected chi connectivity index (χ2v) is 7.84. The first-order valence-corrected chi connectivity index (χ1v) is 10.7. The zero-order valence-corrected chi connectivity index (χ0v) is 17.8. The highest BCUT2D eigenvalue weighted by atomic mass is 16.3. The molecule has 1 aromatic carbocycles. The zero-order chi connectivity index (χ0) is 21.3. The minimum atomic E-state index is -0.224. The Bertz CT molecular complexity index is 1060. The van der Waals surface area contributed by atoms with Gasteiger partial charge in [-0.2, -0.15) is 5.10 Å². The number of aryl methyl sites for hydroxylation is 1. The number of hydrogen-bond donors (Lipinski definition) is 1. The lowest BCUT2D eigenvalue weighted by Gasteiger charge is -2.35. The maximum absolute atomic E-state index is 13.4. The zero-order valence-electron chi connectivity index (χ0n) is 17.8. The number of aromatic amines is 1. The van der Waals surface area contributed by atoms with E-state index in [2.05, 4.69) is 10.2 Å². The van der Waals surface area contributed by atoms with E-state index in [4.69, 9.17) is 4.42 Å². The molecular formula is C23H28N4O3. The molecule has 1 saturated heterocycles. The number of H-pyrrole nitrogens is 1. The van der Waals surface area contributed by atoms with Gasteiger partial charge in [0.05, 0.1) is 23.5 Å². The molecule has 1 atom stereocenters. The van der Waals surface area contributed by atoms with Crippen LogP contribution in [0, 0.1) is 6.92 Å². The second-order valence-electron chi connectivity index (χ2n) is 7.84. The number of carbonyl (C=O) groups excluding carboxylic acids is 2. The maximum atomic E-state index is 13.4. The quantitative estimate of drug-likeness (QED) is 0.682. The largest absolute Gasteiger partial charge is 0.451 e. The van der Waals surface area contributed by atoms with E-state index < -0.39 is 0 Å². The first-order chi connectivity index (χ1) is 14.5. The topological polar surface area (TPSA) is 82.4 Å². The van der Waals surface area contributed by atoms with E-state index in [1.54, 1.807) is 11.1 Å². The SMILES string of the molecule is CCN(CC)C(=O)c1cn[nH]c1C1CCCCN1C(=O)c1cc2cc(C)ccc2o1. The monoisotopic (exact) mass is 408 g/mol. The van der Waals surface area contributed by atoms with Crippen LogP contribution in [0.5, 0.6) is 0 Å². The molecule has 3 aromatic rings. The van der Waals surface area contributed by atoms with Crippen LogP contribution in [0.25, 0.3) is 11.0 Å². The number of nitrogens with one attached hydrogen (secondary N) is 1. The van der Waals surface area contributed by atoms with Gasteiger partial charge in [-0.25, -0.2) is 0 Å². The van der Waals surface area contributed by atoms with Gasteiger partial charge in [0.15, 0.2) is 5.76 Å². The normalized spacial score (nSPS) is 16.8. The van der Waals surface area contributed by atoms with Crippen molar-refractivity contribution in [3.8, 4) is 0 Å². The minimum absolute atomic E-state index is 0.0547. The van der Waals surface area contributed by atoms with Crippen LogP contribution in [0.2, 0.25) is 0 Å². The molecule has 30 heavy (non-hydrogen) atoms. The smallest absolute Gasteiger partial charge is 0.290 e. The predicted molar refractivity (Wildman–Crippen MR) is 114 cm³/mol. The molecule has 0 aliphatic carbocycles. The number of nitrogens with zero attached hydrogens (tertiary/aromatic N) is 3. The van der Waals surface area contributed by atoms with E-state index in [9.17, 15) is 9.59 Å². The number of amides is 2. The first kappa shape index (κ1) is 20.2. The summed E-state index contributed by atoms with van der Waals surface area (Å²) in [6.45, 7) is 7.82. The first-order valence-electron chi connectivity index (χ1n) is 10.7. The Labute approximate surface area is 176 Å². The van der Waals surface area contributed by atoms with Crippen LogP contribution in [0.4, 0.5) is 0 Å². The summed E-state index contributed by atoms with van der Waals surface area (Å²) in [5.41, 5.74) is 3.09. The van der Waals surface area contributed by atoms with Gasteiger partial charge in [0.1, 0.15) is 5.58 Å². The highest BCUT2D eigenvalue weighted by Crippen LogP contribution is 2.34. The number of aromatic nitrogens is 2. The van der Waals surface area contributed by atoms with Gasteiger partial charge in [-0.15, -0.1) is 0 Å². The summed E-state index contributed by atoms with van der Waals surface area (Å²) in [4.78, 5) is 29.9. The van der Waals surface area contributed by atoms with Crippen molar-refractivity contribution in [2.45, 2.75) is 46.1 Å². The minimum Gasteiger partial charge on any atom is -0.451 e. The Morgan fingerprint density at radius 2 is 2.03 bits per heavy atom. The molecule has 7 nitrogen and oxygen atoms in total. The van der Waals surface area contributed by atoms with Crippen molar-refractivity contribution in [2.75, 3.05) is 19.6 Å². The lowest BCUT2D eigenvalue weighted by molar-refractivity contribution is 0.0568. The summed E-state index contributed by atoms with van der Waals surface area (Å²) in [6.07, 6.45) is 4.28. The summed E-state index contributed by atoms with van der Waals surface area (Å²) in [6, 6.07) is 7.47. The molecule has 0 saturated carbocycles. The maximum Gasteiger partial charge on any atom is 0.290 e. The molecule has 0 radical (unpaired) electrons. The lowest BCUT2D eigenvalue weighted by atomic mass is 9.96. The Balaban J connectivity index is 1.66. The molecule has 1 fully saturated rings. The van der Waals surface area contributed by atoms with Gasteiger partial charge >= 0.3 is 0 Å². The standard InChI is InChI=1S/C23H28N4O3/c1-4-26(5-2)22(28)17-14-24-25-21(17)18-8-6-7-11-27(18)23(29)20-13-16-12-15(3)9-10-19(16)30-20/h9-10,12-14,18H,4-8,11H2,1-3H3,(H,24,25). The van der Waals surface area contributed by atoms with Crippen LogP contribution < -0.4 is 0 Å². The predicted octanol–water partition coefficient (Wildman–Crippen LogP) is 4.31. The van der Waals surface area contributed by atoms with E-state index in [-0.39, 0.29) is 17.9 Å². The molecule has 1 N–H and O–H groups in total. The fourth-order valence-corrected chi connectivity index (χ4v) is 4.29. The van der Waals surface area contributed by atoms with E-state index in [0.717, 1.165) is 30.2 Å². The fraction of sp³-hybridized carbons (Fsp3) is 0.435. The highest BCUT2D eigenvalue weighted by molar-refractivity contribution is 5.97. The van der Waals surface area contributed by atoms with Crippen molar-refractivity contribution in [1.82, 2.24) is 20.0 Å². The summed E-state index contributed by atoms with van der Waals surface area (Å²) in [7, 11) is 0. The van der Waals surface area contributed by atoms with E-state index in [0.29, 0.717) is 42.2 Å². The van der Waals surface area contributed by atoms with Gasteiger partial charge in [-0.1, -0.05) is 11.6 Å². The molecule has 158 valence electrons. The number of rotatable bonds is 5. The third-order valence-electron chi connectivity index (χ3n) is 5.93. The summed E-state index contributed by atoms with van der Waals surface area (Å²) < 4.78 is 5.86. The van der Waals surface area contributed by atoms with Crippen LogP contribution in [0.15, 0.2) is 34.9 Å². The van der Waals surface area contributed by atoms with Gasteiger partial charge < -0.3 is 14.2 Å². The Kier molecular flexibility index (Phi) is 5.61. The molecule has 1 aliphatic heterocycles. The Morgan fingerprint density at radius 3 is 2.80 bits per heavy atom. The average Bonchev–Trinajstić information content (AvgIpc) is 3.41. The number of carbonyl (C=O) groups is 2. The van der Waals surface area contributed by atoms with Crippen molar-refractivity contribution >= 4 is 22.8 Å². The van der Waals surface area contributed by atoms with Gasteiger partial charge in [0, 0.05) is 25.0 Å². The van der Waals surface area contributed by atoms with Crippen LogP contribution in [-0.2, 0) is 0 Å². The van der Waals surface area contributed by atoms with E-state index >= 15 is 0 Å². The molecule has 4 rings (SSSR count). The van der Waals surface area contributed by atoms with Crippen molar-refractivity contribution in [3.05, 3.63) is 53.0 Å². The van der Waals surface area contributed by atoms with E-state index in [1.807, 2.05) is 49.9 Å². The fourth-order valence-electron chi connectivity index (χ4n) is 4.29. The van der Waals surface area contributed by atoms with Crippen molar-refractivity contribution in [1.29, 1.82) is 0 Å². The lowest BCUT2D eigenvalue weighted by Crippen LogP contribution is -2.40. The van der Waals surface area contributed by atoms with Gasteiger partial charge in [-0.3, -0.25) is 14.7 Å². The summed E-state index contributed by atoms with van der Waals surface area (Å²) in [5.74, 6) is 0.129. The highest BCUT2D eigenvalue weighted by Gasteiger charge is 2.34. The Hall–Kier alpha value is -3.09. The number of hydrogen-bond acceptors (Lipinski definition) is 4. The van der Waals surface area contributed by atoms with Crippen molar-refractivity contribution in [2.24, 2.45) is 0 Å². The molecule has 2 aromatic heterocycles. The van der Waals surface area contributed by atoms with Crippen LogP contribution in [-0.4, -0.2) is 51.4 Å². The van der Waals surface area contributed by atoms with Crippen molar-refractivity contribution < 1.29 is 14.0 Å². The second kappa shape index (κ2) is 8.34. The number of fused-ring (bicyclic) bond motifs is 1. The van der Waals surface area contributed by atoms with Crippen LogP contribution in [0.1, 0.15) is 71.3 Å². The number of likely N-dealkylation sites (tertiary alicyclic amines) is 1. The molecule has 0 spiro atoms. The van der Waals surface area contributed by atoms with Crippen LogP contribution >= 0.6 is 0 Å². The molecule has 1 aliphatic rings. The molecule has 7 heteroatoms. The number of benzene rings is 1. The molecule has 0 bridgehead atoms. The third-order valence-corrected chi connectivity index (χ3v) is 5.93. The summed E-state index contributed by atoms with van der Waals surface area (Å²) in [5, 5.41) is 8.08. The Morgan fingerprint density at radius 1 is 1.23 bits per heavy atom. The molecular weight excluding hydrogens is 380 g/mol. The van der Waals surface area contributed by atoms with Crippen molar-refractivity contribution in [3.63, 3.8) is 0 Å². The molecule has 2 amide bonds. The van der Waals surface area contributed by atoms with Gasteiger partial charge in [-0.05, 0) is 58.2 Å². The number of furan rings is 1. The number of piperidine rings is 1. The van der Waals surface area contributed by atoms with Crippen LogP contribution in [0.3, 0.4) is 0 Å². The molecule has 3 heterocycles. The average molecular weight is 409 g/mol.